The average molecular weight is 189 g/mol. The van der Waals surface area contributed by atoms with Crippen LogP contribution in [0.4, 0.5) is 0 Å². The van der Waals surface area contributed by atoms with Crippen molar-refractivity contribution in [3.63, 3.8) is 0 Å². The lowest BCUT2D eigenvalue weighted by atomic mass is 10.1. The largest absolute Gasteiger partial charge is 0.396 e. The summed E-state index contributed by atoms with van der Waals surface area (Å²) in [6.07, 6.45) is 1.73. The van der Waals surface area contributed by atoms with Gasteiger partial charge in [-0.05, 0) is 16.7 Å². The van der Waals surface area contributed by atoms with Gasteiger partial charge in [0.05, 0.1) is 12.6 Å². The van der Waals surface area contributed by atoms with Crippen LogP contribution in [0.1, 0.15) is 17.2 Å². The molecule has 1 N–H and O–H groups in total. The van der Waals surface area contributed by atoms with Crippen molar-refractivity contribution in [3.05, 3.63) is 52.4 Å². The van der Waals surface area contributed by atoms with Gasteiger partial charge in [0.2, 0.25) is 0 Å². The molecule has 0 saturated heterocycles. The smallest absolute Gasteiger partial charge is 0.0856 e. The van der Waals surface area contributed by atoms with E-state index in [0.29, 0.717) is 0 Å². The van der Waals surface area contributed by atoms with Crippen molar-refractivity contribution in [2.75, 3.05) is 6.61 Å². The third kappa shape index (κ3) is 2.36. The van der Waals surface area contributed by atoms with Crippen molar-refractivity contribution in [1.29, 1.82) is 0 Å². The molecule has 0 saturated carbocycles. The van der Waals surface area contributed by atoms with Crippen LogP contribution in [-0.4, -0.2) is 11.7 Å². The lowest BCUT2D eigenvalue weighted by Gasteiger charge is -2.07. The molecule has 0 radical (unpaired) electrons. The van der Waals surface area contributed by atoms with Gasteiger partial charge in [-0.1, -0.05) is 42.0 Å². The SMILES string of the molecule is C=Cc1ccc(C(CO)N=[N+]=[N-])cc1. The topological polar surface area (TPSA) is 69.0 Å². The average Bonchev–Trinajstić information content (AvgIpc) is 2.26. The predicted octanol–water partition coefficient (Wildman–Crippen LogP) is 2.67. The number of aliphatic hydroxyl groups is 1. The second kappa shape index (κ2) is 5.07. The molecule has 14 heavy (non-hydrogen) atoms. The first-order chi connectivity index (χ1) is 6.81. The summed E-state index contributed by atoms with van der Waals surface area (Å²) in [5.74, 6) is 0. The first-order valence-electron chi connectivity index (χ1n) is 4.19. The third-order valence-electron chi connectivity index (χ3n) is 1.92. The molecule has 0 spiro atoms. The Morgan fingerprint density at radius 2 is 2.14 bits per heavy atom. The van der Waals surface area contributed by atoms with Crippen LogP contribution >= 0.6 is 0 Å². The molecule has 4 heteroatoms. The van der Waals surface area contributed by atoms with Crippen LogP contribution in [0.25, 0.3) is 16.5 Å². The van der Waals surface area contributed by atoms with Gasteiger partial charge in [-0.2, -0.15) is 0 Å². The van der Waals surface area contributed by atoms with Crippen molar-refractivity contribution in [3.8, 4) is 0 Å². The summed E-state index contributed by atoms with van der Waals surface area (Å²) < 4.78 is 0. The Balaban J connectivity index is 2.94. The van der Waals surface area contributed by atoms with Crippen LogP contribution in [-0.2, 0) is 0 Å². The Hall–Kier alpha value is -1.77. The maximum Gasteiger partial charge on any atom is 0.0856 e. The summed E-state index contributed by atoms with van der Waals surface area (Å²) >= 11 is 0. The van der Waals surface area contributed by atoms with Gasteiger partial charge in [0.25, 0.3) is 0 Å². The van der Waals surface area contributed by atoms with Crippen molar-refractivity contribution >= 4 is 6.08 Å². The van der Waals surface area contributed by atoms with Gasteiger partial charge in [0, 0.05) is 4.91 Å². The molecule has 0 heterocycles. The molecule has 1 rings (SSSR count). The van der Waals surface area contributed by atoms with E-state index in [9.17, 15) is 0 Å². The number of nitrogens with zero attached hydrogens (tertiary/aromatic N) is 3. The van der Waals surface area contributed by atoms with Gasteiger partial charge in [0.15, 0.2) is 0 Å². The highest BCUT2D eigenvalue weighted by atomic mass is 16.3. The van der Waals surface area contributed by atoms with E-state index in [0.717, 1.165) is 11.1 Å². The minimum Gasteiger partial charge on any atom is -0.396 e. The van der Waals surface area contributed by atoms with E-state index in [1.165, 1.54) is 0 Å². The molecule has 0 bridgehead atoms. The molecule has 1 aromatic carbocycles. The number of hydrogen-bond donors (Lipinski definition) is 1. The minimum atomic E-state index is -0.501. The maximum absolute atomic E-state index is 8.95. The van der Waals surface area contributed by atoms with E-state index in [-0.39, 0.29) is 6.61 Å². The van der Waals surface area contributed by atoms with E-state index >= 15 is 0 Å². The van der Waals surface area contributed by atoms with Crippen molar-refractivity contribution < 1.29 is 5.11 Å². The highest BCUT2D eigenvalue weighted by molar-refractivity contribution is 5.47. The van der Waals surface area contributed by atoms with Gasteiger partial charge >= 0.3 is 0 Å². The van der Waals surface area contributed by atoms with E-state index in [4.69, 9.17) is 10.6 Å². The van der Waals surface area contributed by atoms with E-state index in [1.54, 1.807) is 6.08 Å². The zero-order valence-corrected chi connectivity index (χ0v) is 7.67. The molecule has 0 fully saturated rings. The van der Waals surface area contributed by atoms with Crippen LogP contribution in [0.3, 0.4) is 0 Å². The number of benzene rings is 1. The van der Waals surface area contributed by atoms with Crippen LogP contribution < -0.4 is 0 Å². The molecule has 72 valence electrons. The van der Waals surface area contributed by atoms with E-state index in [2.05, 4.69) is 16.6 Å². The fourth-order valence-electron chi connectivity index (χ4n) is 1.13. The highest BCUT2D eigenvalue weighted by Crippen LogP contribution is 2.17. The lowest BCUT2D eigenvalue weighted by molar-refractivity contribution is 0.268. The fourth-order valence-corrected chi connectivity index (χ4v) is 1.13. The Bertz CT molecular complexity index is 352. The van der Waals surface area contributed by atoms with E-state index < -0.39 is 6.04 Å². The quantitative estimate of drug-likeness (QED) is 0.441. The van der Waals surface area contributed by atoms with Crippen molar-refractivity contribution in [1.82, 2.24) is 0 Å². The normalized spacial score (nSPS) is 11.5. The molecule has 1 atom stereocenters. The summed E-state index contributed by atoms with van der Waals surface area (Å²) in [6.45, 7) is 3.45. The summed E-state index contributed by atoms with van der Waals surface area (Å²) in [4.78, 5) is 2.67. The summed E-state index contributed by atoms with van der Waals surface area (Å²) in [6, 6.07) is 6.84. The van der Waals surface area contributed by atoms with Crippen molar-refractivity contribution in [2.45, 2.75) is 6.04 Å². The second-order valence-electron chi connectivity index (χ2n) is 2.77. The summed E-state index contributed by atoms with van der Waals surface area (Å²) in [5.41, 5.74) is 10.1. The highest BCUT2D eigenvalue weighted by Gasteiger charge is 2.06. The first kappa shape index (κ1) is 10.3. The third-order valence-corrected chi connectivity index (χ3v) is 1.92. The van der Waals surface area contributed by atoms with Crippen LogP contribution in [0.15, 0.2) is 36.0 Å². The molecule has 1 aromatic rings. The molecule has 0 aliphatic carbocycles. The molecule has 1 unspecified atom stereocenters. The van der Waals surface area contributed by atoms with Crippen LogP contribution in [0, 0.1) is 0 Å². The summed E-state index contributed by atoms with van der Waals surface area (Å²) in [7, 11) is 0. The maximum atomic E-state index is 8.95. The molecular formula is C10H11N3O. The molecule has 4 nitrogen and oxygen atoms in total. The predicted molar refractivity (Wildman–Crippen MR) is 55.5 cm³/mol. The molecule has 0 amide bonds. The Labute approximate surface area is 82.1 Å². The molecule has 0 aliphatic rings. The summed E-state index contributed by atoms with van der Waals surface area (Å²) in [5, 5.41) is 12.4. The number of hydrogen-bond acceptors (Lipinski definition) is 2. The standard InChI is InChI=1S/C10H11N3O/c1-2-8-3-5-9(6-4-8)10(7-14)12-13-11/h2-6,10,14H,1,7H2. The zero-order chi connectivity index (χ0) is 10.4. The Morgan fingerprint density at radius 1 is 1.50 bits per heavy atom. The van der Waals surface area contributed by atoms with Gasteiger partial charge in [-0.15, -0.1) is 0 Å². The molecular weight excluding hydrogens is 178 g/mol. The van der Waals surface area contributed by atoms with Crippen LogP contribution in [0.2, 0.25) is 0 Å². The fraction of sp³-hybridized carbons (Fsp3) is 0.200. The van der Waals surface area contributed by atoms with E-state index in [1.807, 2.05) is 24.3 Å². The molecule has 0 aromatic heterocycles. The Morgan fingerprint density at radius 3 is 2.57 bits per heavy atom. The van der Waals surface area contributed by atoms with Gasteiger partial charge < -0.3 is 5.11 Å². The number of rotatable bonds is 4. The van der Waals surface area contributed by atoms with Crippen LogP contribution in [0.5, 0.6) is 0 Å². The monoisotopic (exact) mass is 189 g/mol. The first-order valence-corrected chi connectivity index (χ1v) is 4.19. The lowest BCUT2D eigenvalue weighted by Crippen LogP contribution is -1.99. The van der Waals surface area contributed by atoms with Gasteiger partial charge in [0.1, 0.15) is 0 Å². The van der Waals surface area contributed by atoms with Gasteiger partial charge in [-0.25, -0.2) is 0 Å². The minimum absolute atomic E-state index is 0.183. The van der Waals surface area contributed by atoms with Gasteiger partial charge in [-0.3, -0.25) is 0 Å². The number of aliphatic hydroxyl groups excluding tert-OH is 1. The zero-order valence-electron chi connectivity index (χ0n) is 7.67. The van der Waals surface area contributed by atoms with Crippen molar-refractivity contribution in [2.24, 2.45) is 5.11 Å². The Kier molecular flexibility index (Phi) is 3.73. The second-order valence-corrected chi connectivity index (χ2v) is 2.77. The number of azide groups is 1. The molecule has 0 aliphatic heterocycles.